The first kappa shape index (κ1) is 11.1. The molecule has 1 aromatic carbocycles. The van der Waals surface area contributed by atoms with Gasteiger partial charge in [-0.1, -0.05) is 25.1 Å². The third-order valence-corrected chi connectivity index (χ3v) is 2.18. The van der Waals surface area contributed by atoms with Crippen molar-refractivity contribution in [3.8, 4) is 5.75 Å². The van der Waals surface area contributed by atoms with E-state index >= 15 is 0 Å². The van der Waals surface area contributed by atoms with Crippen molar-refractivity contribution in [1.29, 1.82) is 0 Å². The second kappa shape index (κ2) is 5.66. The molecule has 78 valence electrons. The smallest absolute Gasteiger partial charge is 0.125 e. The molecule has 2 heteroatoms. The van der Waals surface area contributed by atoms with Crippen molar-refractivity contribution >= 4 is 0 Å². The summed E-state index contributed by atoms with van der Waals surface area (Å²) in [6.45, 7) is 8.89. The van der Waals surface area contributed by atoms with Crippen LogP contribution in [0.1, 0.15) is 18.1 Å². The lowest BCUT2D eigenvalue weighted by Gasteiger charge is -2.11. The zero-order chi connectivity index (χ0) is 10.4. The van der Waals surface area contributed by atoms with Crippen molar-refractivity contribution in [2.75, 3.05) is 19.7 Å². The normalized spacial score (nSPS) is 10.2. The molecule has 0 heterocycles. The van der Waals surface area contributed by atoms with E-state index < -0.39 is 0 Å². The average molecular weight is 193 g/mol. The summed E-state index contributed by atoms with van der Waals surface area (Å²) in [4.78, 5) is 0. The highest BCUT2D eigenvalue weighted by atomic mass is 16.5. The highest BCUT2D eigenvalue weighted by Crippen LogP contribution is 2.21. The highest BCUT2D eigenvalue weighted by Gasteiger charge is 2.01. The van der Waals surface area contributed by atoms with E-state index in [4.69, 9.17) is 4.74 Å². The van der Waals surface area contributed by atoms with Gasteiger partial charge in [-0.05, 0) is 31.5 Å². The lowest BCUT2D eigenvalue weighted by molar-refractivity contribution is 0.311. The Balaban J connectivity index is 2.49. The maximum absolute atomic E-state index is 5.71. The monoisotopic (exact) mass is 193 g/mol. The maximum atomic E-state index is 5.71. The first-order valence-electron chi connectivity index (χ1n) is 5.15. The molecule has 0 aliphatic rings. The molecular formula is C12H19NO. The molecule has 0 aromatic heterocycles. The van der Waals surface area contributed by atoms with Crippen molar-refractivity contribution in [2.24, 2.45) is 0 Å². The van der Waals surface area contributed by atoms with Crippen LogP contribution in [0.3, 0.4) is 0 Å². The quantitative estimate of drug-likeness (QED) is 0.724. The molecule has 0 radical (unpaired) electrons. The standard InChI is InChI=1S/C12H19NO/c1-4-13-8-9-14-12-10(2)6-5-7-11(12)3/h5-7,13H,4,8-9H2,1-3H3. The summed E-state index contributed by atoms with van der Waals surface area (Å²) in [5, 5.41) is 3.23. The third-order valence-electron chi connectivity index (χ3n) is 2.18. The maximum Gasteiger partial charge on any atom is 0.125 e. The lowest BCUT2D eigenvalue weighted by Crippen LogP contribution is -2.20. The molecule has 0 unspecified atom stereocenters. The number of hydrogen-bond acceptors (Lipinski definition) is 2. The van der Waals surface area contributed by atoms with E-state index in [2.05, 4.69) is 44.3 Å². The summed E-state index contributed by atoms with van der Waals surface area (Å²) >= 11 is 0. The fraction of sp³-hybridized carbons (Fsp3) is 0.500. The Hall–Kier alpha value is -1.02. The Morgan fingerprint density at radius 2 is 1.86 bits per heavy atom. The van der Waals surface area contributed by atoms with E-state index in [1.54, 1.807) is 0 Å². The zero-order valence-electron chi connectivity index (χ0n) is 9.26. The molecule has 0 saturated heterocycles. The van der Waals surface area contributed by atoms with Crippen molar-refractivity contribution in [1.82, 2.24) is 5.32 Å². The van der Waals surface area contributed by atoms with Gasteiger partial charge in [0.2, 0.25) is 0 Å². The summed E-state index contributed by atoms with van der Waals surface area (Å²) in [6, 6.07) is 6.22. The minimum Gasteiger partial charge on any atom is -0.492 e. The van der Waals surface area contributed by atoms with Gasteiger partial charge in [-0.25, -0.2) is 0 Å². The van der Waals surface area contributed by atoms with Gasteiger partial charge in [-0.3, -0.25) is 0 Å². The molecule has 0 saturated carbocycles. The third kappa shape index (κ3) is 3.04. The summed E-state index contributed by atoms with van der Waals surface area (Å²) in [5.74, 6) is 1.03. The van der Waals surface area contributed by atoms with Crippen molar-refractivity contribution < 1.29 is 4.74 Å². The Bertz CT molecular complexity index is 263. The Morgan fingerprint density at radius 1 is 1.21 bits per heavy atom. The average Bonchev–Trinajstić information content (AvgIpc) is 2.16. The largest absolute Gasteiger partial charge is 0.492 e. The number of aryl methyl sites for hydroxylation is 2. The number of nitrogens with one attached hydrogen (secondary N) is 1. The predicted molar refractivity (Wildman–Crippen MR) is 60.0 cm³/mol. The van der Waals surface area contributed by atoms with Gasteiger partial charge in [-0.15, -0.1) is 0 Å². The van der Waals surface area contributed by atoms with Gasteiger partial charge >= 0.3 is 0 Å². The number of likely N-dealkylation sites (N-methyl/N-ethyl adjacent to an activating group) is 1. The van der Waals surface area contributed by atoms with Crippen LogP contribution >= 0.6 is 0 Å². The second-order valence-corrected chi connectivity index (χ2v) is 3.42. The number of ether oxygens (including phenoxy) is 1. The van der Waals surface area contributed by atoms with Gasteiger partial charge in [0.15, 0.2) is 0 Å². The number of para-hydroxylation sites is 1. The van der Waals surface area contributed by atoms with Crippen LogP contribution in [0.25, 0.3) is 0 Å². The Kier molecular flexibility index (Phi) is 4.47. The summed E-state index contributed by atoms with van der Waals surface area (Å²) < 4.78 is 5.71. The molecule has 14 heavy (non-hydrogen) atoms. The van der Waals surface area contributed by atoms with Crippen LogP contribution < -0.4 is 10.1 Å². The van der Waals surface area contributed by atoms with Gasteiger partial charge in [0.05, 0.1) is 0 Å². The van der Waals surface area contributed by atoms with E-state index in [0.717, 1.165) is 25.4 Å². The van der Waals surface area contributed by atoms with Crippen LogP contribution in [0, 0.1) is 13.8 Å². The molecule has 0 amide bonds. The van der Waals surface area contributed by atoms with E-state index in [1.807, 2.05) is 0 Å². The zero-order valence-corrected chi connectivity index (χ0v) is 9.26. The van der Waals surface area contributed by atoms with Crippen LogP contribution in [-0.2, 0) is 0 Å². The first-order chi connectivity index (χ1) is 6.75. The van der Waals surface area contributed by atoms with Gasteiger partial charge in [0, 0.05) is 6.54 Å². The summed E-state index contributed by atoms with van der Waals surface area (Å²) in [6.07, 6.45) is 0. The molecule has 0 spiro atoms. The number of benzene rings is 1. The van der Waals surface area contributed by atoms with Crippen LogP contribution in [0.2, 0.25) is 0 Å². The molecule has 0 aliphatic heterocycles. The van der Waals surface area contributed by atoms with Crippen LogP contribution in [0.4, 0.5) is 0 Å². The van der Waals surface area contributed by atoms with E-state index in [1.165, 1.54) is 11.1 Å². The Morgan fingerprint density at radius 3 is 2.43 bits per heavy atom. The van der Waals surface area contributed by atoms with Gasteiger partial charge < -0.3 is 10.1 Å². The van der Waals surface area contributed by atoms with Crippen molar-refractivity contribution in [3.05, 3.63) is 29.3 Å². The molecule has 0 aliphatic carbocycles. The molecule has 2 nitrogen and oxygen atoms in total. The minimum atomic E-state index is 0.736. The predicted octanol–water partition coefficient (Wildman–Crippen LogP) is 2.29. The molecular weight excluding hydrogens is 174 g/mol. The van der Waals surface area contributed by atoms with Gasteiger partial charge in [0.1, 0.15) is 12.4 Å². The second-order valence-electron chi connectivity index (χ2n) is 3.42. The number of rotatable bonds is 5. The minimum absolute atomic E-state index is 0.736. The van der Waals surface area contributed by atoms with Crippen LogP contribution in [0.5, 0.6) is 5.75 Å². The molecule has 1 aromatic rings. The summed E-state index contributed by atoms with van der Waals surface area (Å²) in [5.41, 5.74) is 2.42. The fourth-order valence-electron chi connectivity index (χ4n) is 1.43. The fourth-order valence-corrected chi connectivity index (χ4v) is 1.43. The van der Waals surface area contributed by atoms with Gasteiger partial charge in [-0.2, -0.15) is 0 Å². The summed E-state index contributed by atoms with van der Waals surface area (Å²) in [7, 11) is 0. The molecule has 1 N–H and O–H groups in total. The van der Waals surface area contributed by atoms with E-state index in [-0.39, 0.29) is 0 Å². The van der Waals surface area contributed by atoms with E-state index in [9.17, 15) is 0 Å². The first-order valence-corrected chi connectivity index (χ1v) is 5.15. The topological polar surface area (TPSA) is 21.3 Å². The van der Waals surface area contributed by atoms with Crippen LogP contribution in [-0.4, -0.2) is 19.7 Å². The molecule has 0 atom stereocenters. The van der Waals surface area contributed by atoms with Gasteiger partial charge in [0.25, 0.3) is 0 Å². The lowest BCUT2D eigenvalue weighted by atomic mass is 10.1. The van der Waals surface area contributed by atoms with Crippen LogP contribution in [0.15, 0.2) is 18.2 Å². The highest BCUT2D eigenvalue weighted by molar-refractivity contribution is 5.39. The van der Waals surface area contributed by atoms with Crippen molar-refractivity contribution in [3.63, 3.8) is 0 Å². The Labute approximate surface area is 86.3 Å². The van der Waals surface area contributed by atoms with E-state index in [0.29, 0.717) is 0 Å². The SMILES string of the molecule is CCNCCOc1c(C)cccc1C. The molecule has 0 bridgehead atoms. The molecule has 0 fully saturated rings. The molecule has 1 rings (SSSR count). The van der Waals surface area contributed by atoms with Crippen molar-refractivity contribution in [2.45, 2.75) is 20.8 Å². The number of hydrogen-bond donors (Lipinski definition) is 1.